The van der Waals surface area contributed by atoms with Gasteiger partial charge in [-0.05, 0) is 23.3 Å². The molecule has 0 aliphatic heterocycles. The number of hydrogen-bond donors (Lipinski definition) is 3. The van der Waals surface area contributed by atoms with E-state index in [2.05, 4.69) is 9.71 Å². The molecule has 0 unspecified atom stereocenters. The van der Waals surface area contributed by atoms with Crippen LogP contribution in [0.15, 0.2) is 56.6 Å². The van der Waals surface area contributed by atoms with Gasteiger partial charge >= 0.3 is 11.7 Å². The molecule has 3 N–H and O–H groups in total. The van der Waals surface area contributed by atoms with Gasteiger partial charge in [-0.3, -0.25) is 9.78 Å². The van der Waals surface area contributed by atoms with Crippen molar-refractivity contribution in [2.45, 2.75) is 17.9 Å². The zero-order chi connectivity index (χ0) is 18.0. The summed E-state index contributed by atoms with van der Waals surface area (Å²) in [6, 6.07) is 10.7. The second-order valence-corrected chi connectivity index (χ2v) is 7.15. The highest BCUT2D eigenvalue weighted by molar-refractivity contribution is 7.89. The standard InChI is InChI=1S/C16H14N2O6S/c19-15(20)7-10-2-1-3-11(6-10)9-17-25(22,23)12-4-5-13-14(8-12)24-16(21)18-13/h1-6,8,17H,7,9H2,(H,18,21)(H,19,20). The number of nitrogens with one attached hydrogen (secondary N) is 2. The number of hydrogen-bond acceptors (Lipinski definition) is 5. The first-order valence-electron chi connectivity index (χ1n) is 7.26. The molecule has 0 atom stereocenters. The Morgan fingerprint density at radius 2 is 1.92 bits per heavy atom. The summed E-state index contributed by atoms with van der Waals surface area (Å²) in [6.07, 6.45) is -0.135. The molecule has 3 rings (SSSR count). The summed E-state index contributed by atoms with van der Waals surface area (Å²) in [5, 5.41) is 8.81. The fraction of sp³-hybridized carbons (Fsp3) is 0.125. The van der Waals surface area contributed by atoms with Crippen molar-refractivity contribution in [2.75, 3.05) is 0 Å². The minimum absolute atomic E-state index is 0.00488. The predicted octanol–water partition coefficient (Wildman–Crippen LogP) is 1.23. The van der Waals surface area contributed by atoms with Gasteiger partial charge in [-0.25, -0.2) is 17.9 Å². The number of rotatable bonds is 6. The Bertz CT molecular complexity index is 1100. The van der Waals surface area contributed by atoms with Crippen molar-refractivity contribution in [2.24, 2.45) is 0 Å². The predicted molar refractivity (Wildman–Crippen MR) is 88.6 cm³/mol. The Hall–Kier alpha value is -2.91. The zero-order valence-corrected chi connectivity index (χ0v) is 13.7. The maximum Gasteiger partial charge on any atom is 0.417 e. The second-order valence-electron chi connectivity index (χ2n) is 5.39. The van der Waals surface area contributed by atoms with E-state index >= 15 is 0 Å². The van der Waals surface area contributed by atoms with Gasteiger partial charge in [0.05, 0.1) is 16.8 Å². The van der Waals surface area contributed by atoms with Gasteiger partial charge < -0.3 is 9.52 Å². The molecule has 0 amide bonds. The SMILES string of the molecule is O=C(O)Cc1cccc(CNS(=O)(=O)c2ccc3[nH]c(=O)oc3c2)c1. The summed E-state index contributed by atoms with van der Waals surface area (Å²) in [5.41, 5.74) is 1.78. The maximum atomic E-state index is 12.4. The molecule has 0 radical (unpaired) electrons. The first-order chi connectivity index (χ1) is 11.8. The van der Waals surface area contributed by atoms with Gasteiger partial charge in [-0.1, -0.05) is 24.3 Å². The highest BCUT2D eigenvalue weighted by Crippen LogP contribution is 2.17. The molecule has 3 aromatic rings. The van der Waals surface area contributed by atoms with Crippen molar-refractivity contribution in [3.05, 3.63) is 64.1 Å². The Morgan fingerprint density at radius 3 is 2.68 bits per heavy atom. The molecule has 0 saturated heterocycles. The summed E-state index contributed by atoms with van der Waals surface area (Å²) >= 11 is 0. The number of carboxylic acid groups (broad SMARTS) is 1. The van der Waals surface area contributed by atoms with E-state index in [0.717, 1.165) is 0 Å². The lowest BCUT2D eigenvalue weighted by atomic mass is 10.1. The lowest BCUT2D eigenvalue weighted by molar-refractivity contribution is -0.136. The van der Waals surface area contributed by atoms with Crippen LogP contribution in [0.2, 0.25) is 0 Å². The number of sulfonamides is 1. The average Bonchev–Trinajstić information content (AvgIpc) is 2.92. The molecule has 1 heterocycles. The molecule has 0 fully saturated rings. The number of carbonyl (C=O) groups is 1. The van der Waals surface area contributed by atoms with Crippen molar-refractivity contribution >= 4 is 27.1 Å². The number of benzene rings is 2. The molecular weight excluding hydrogens is 348 g/mol. The van der Waals surface area contributed by atoms with Crippen LogP contribution in [0.3, 0.4) is 0 Å². The molecule has 8 nitrogen and oxygen atoms in total. The van der Waals surface area contributed by atoms with Crippen LogP contribution in [-0.4, -0.2) is 24.5 Å². The fourth-order valence-electron chi connectivity index (χ4n) is 2.38. The molecule has 25 heavy (non-hydrogen) atoms. The van der Waals surface area contributed by atoms with Crippen LogP contribution in [0, 0.1) is 0 Å². The molecular formula is C16H14N2O6S. The van der Waals surface area contributed by atoms with Crippen LogP contribution in [-0.2, 0) is 27.8 Å². The van der Waals surface area contributed by atoms with Gasteiger partial charge in [0.15, 0.2) is 5.58 Å². The first kappa shape index (κ1) is 16.9. The van der Waals surface area contributed by atoms with E-state index in [1.807, 2.05) is 0 Å². The summed E-state index contributed by atoms with van der Waals surface area (Å²) in [4.78, 5) is 24.3. The minimum Gasteiger partial charge on any atom is -0.481 e. The van der Waals surface area contributed by atoms with Crippen molar-refractivity contribution in [3.8, 4) is 0 Å². The number of carboxylic acids is 1. The summed E-state index contributed by atoms with van der Waals surface area (Å²) in [7, 11) is -3.82. The second kappa shape index (κ2) is 6.54. The van der Waals surface area contributed by atoms with Crippen molar-refractivity contribution in [1.82, 2.24) is 9.71 Å². The molecule has 0 saturated carbocycles. The van der Waals surface area contributed by atoms with Crippen molar-refractivity contribution in [1.29, 1.82) is 0 Å². The Balaban J connectivity index is 1.78. The zero-order valence-electron chi connectivity index (χ0n) is 12.9. The van der Waals surface area contributed by atoms with E-state index in [4.69, 9.17) is 9.52 Å². The van der Waals surface area contributed by atoms with Gasteiger partial charge in [0.25, 0.3) is 0 Å². The van der Waals surface area contributed by atoms with Crippen LogP contribution in [0.4, 0.5) is 0 Å². The molecule has 2 aromatic carbocycles. The lowest BCUT2D eigenvalue weighted by Crippen LogP contribution is -2.23. The third-order valence-electron chi connectivity index (χ3n) is 3.52. The fourth-order valence-corrected chi connectivity index (χ4v) is 3.41. The van der Waals surface area contributed by atoms with Crippen LogP contribution < -0.4 is 10.5 Å². The quantitative estimate of drug-likeness (QED) is 0.605. The highest BCUT2D eigenvalue weighted by atomic mass is 32.2. The number of aromatic nitrogens is 1. The van der Waals surface area contributed by atoms with E-state index in [1.54, 1.807) is 24.3 Å². The van der Waals surface area contributed by atoms with Gasteiger partial charge in [0, 0.05) is 12.6 Å². The van der Waals surface area contributed by atoms with Crippen molar-refractivity contribution < 1.29 is 22.7 Å². The maximum absolute atomic E-state index is 12.4. The van der Waals surface area contributed by atoms with E-state index in [1.165, 1.54) is 18.2 Å². The third kappa shape index (κ3) is 3.95. The van der Waals surface area contributed by atoms with Gasteiger partial charge in [0.1, 0.15) is 0 Å². The average molecular weight is 362 g/mol. The van der Waals surface area contributed by atoms with Crippen LogP contribution >= 0.6 is 0 Å². The third-order valence-corrected chi connectivity index (χ3v) is 4.91. The highest BCUT2D eigenvalue weighted by Gasteiger charge is 2.16. The van der Waals surface area contributed by atoms with Crippen molar-refractivity contribution in [3.63, 3.8) is 0 Å². The van der Waals surface area contributed by atoms with E-state index in [0.29, 0.717) is 16.6 Å². The normalized spacial score (nSPS) is 11.7. The first-order valence-corrected chi connectivity index (χ1v) is 8.74. The smallest absolute Gasteiger partial charge is 0.417 e. The summed E-state index contributed by atoms with van der Waals surface area (Å²) in [6.45, 7) is 0.00488. The molecule has 0 aliphatic carbocycles. The molecule has 1 aromatic heterocycles. The van der Waals surface area contributed by atoms with Crippen LogP contribution in [0.25, 0.3) is 11.1 Å². The van der Waals surface area contributed by atoms with Gasteiger partial charge in [-0.2, -0.15) is 0 Å². The number of aromatic amines is 1. The monoisotopic (exact) mass is 362 g/mol. The van der Waals surface area contributed by atoms with Gasteiger partial charge in [-0.15, -0.1) is 0 Å². The van der Waals surface area contributed by atoms with Crippen LogP contribution in [0.5, 0.6) is 0 Å². The van der Waals surface area contributed by atoms with Crippen LogP contribution in [0.1, 0.15) is 11.1 Å². The topological polar surface area (TPSA) is 129 Å². The number of aliphatic carboxylic acids is 1. The molecule has 130 valence electrons. The number of fused-ring (bicyclic) bond motifs is 1. The summed E-state index contributed by atoms with van der Waals surface area (Å²) < 4.78 is 32.1. The van der Waals surface area contributed by atoms with E-state index in [9.17, 15) is 18.0 Å². The minimum atomic E-state index is -3.82. The Morgan fingerprint density at radius 1 is 1.16 bits per heavy atom. The lowest BCUT2D eigenvalue weighted by Gasteiger charge is -2.08. The molecule has 0 aliphatic rings. The molecule has 9 heteroatoms. The van der Waals surface area contributed by atoms with E-state index in [-0.39, 0.29) is 23.4 Å². The van der Waals surface area contributed by atoms with Gasteiger partial charge in [0.2, 0.25) is 10.0 Å². The summed E-state index contributed by atoms with van der Waals surface area (Å²) in [5.74, 6) is -1.62. The molecule has 0 spiro atoms. The number of oxazole rings is 1. The Kier molecular flexibility index (Phi) is 4.43. The Labute approximate surface area is 142 Å². The molecule has 0 bridgehead atoms. The van der Waals surface area contributed by atoms with E-state index < -0.39 is 21.7 Å². The largest absolute Gasteiger partial charge is 0.481 e. The number of H-pyrrole nitrogens is 1.